The van der Waals surface area contributed by atoms with Gasteiger partial charge in [0.2, 0.25) is 0 Å². The first-order valence-electron chi connectivity index (χ1n) is 7.67. The van der Waals surface area contributed by atoms with E-state index in [1.807, 2.05) is 0 Å². The molecule has 2 aromatic rings. The van der Waals surface area contributed by atoms with Gasteiger partial charge in [-0.15, -0.1) is 0 Å². The fraction of sp³-hybridized carbons (Fsp3) is 0.471. The van der Waals surface area contributed by atoms with Crippen molar-refractivity contribution < 1.29 is 0 Å². The Balaban J connectivity index is 1.91. The lowest BCUT2D eigenvalue weighted by Crippen LogP contribution is -2.24. The molecule has 1 aromatic carbocycles. The molecule has 0 bridgehead atoms. The summed E-state index contributed by atoms with van der Waals surface area (Å²) >= 11 is 0. The molecule has 3 nitrogen and oxygen atoms in total. The summed E-state index contributed by atoms with van der Waals surface area (Å²) in [5.41, 5.74) is 3.91. The van der Waals surface area contributed by atoms with Crippen LogP contribution in [0, 0.1) is 6.92 Å². The second-order valence-corrected chi connectivity index (χ2v) is 5.71. The minimum Gasteiger partial charge on any atom is -0.370 e. The van der Waals surface area contributed by atoms with Crippen LogP contribution in [0.5, 0.6) is 0 Å². The van der Waals surface area contributed by atoms with E-state index in [4.69, 9.17) is 5.10 Å². The highest BCUT2D eigenvalue weighted by Gasteiger charge is 2.22. The average molecular weight is 269 g/mol. The van der Waals surface area contributed by atoms with Crippen molar-refractivity contribution in [2.45, 2.75) is 45.6 Å². The second kappa shape index (κ2) is 5.70. The first-order valence-corrected chi connectivity index (χ1v) is 7.67. The first kappa shape index (κ1) is 13.2. The number of benzene rings is 1. The molecule has 0 aliphatic carbocycles. The fourth-order valence-electron chi connectivity index (χ4n) is 2.94. The summed E-state index contributed by atoms with van der Waals surface area (Å²) in [4.78, 5) is 0. The predicted octanol–water partition coefficient (Wildman–Crippen LogP) is 3.94. The summed E-state index contributed by atoms with van der Waals surface area (Å²) in [6, 6.07) is 11.4. The molecule has 106 valence electrons. The third-order valence-corrected chi connectivity index (χ3v) is 4.02. The summed E-state index contributed by atoms with van der Waals surface area (Å²) in [6.45, 7) is 5.41. The van der Waals surface area contributed by atoms with Crippen LogP contribution in [0.1, 0.15) is 49.0 Å². The molecule has 0 saturated heterocycles. The average Bonchev–Trinajstić information content (AvgIpc) is 2.87. The van der Waals surface area contributed by atoms with Crippen molar-refractivity contribution in [1.82, 2.24) is 9.78 Å². The van der Waals surface area contributed by atoms with Crippen molar-refractivity contribution in [3.63, 3.8) is 0 Å². The zero-order chi connectivity index (χ0) is 13.9. The third kappa shape index (κ3) is 2.58. The van der Waals surface area contributed by atoms with Gasteiger partial charge in [-0.1, -0.05) is 43.2 Å². The van der Waals surface area contributed by atoms with Gasteiger partial charge >= 0.3 is 0 Å². The SMILES string of the molecule is CCCCc1cc2n(n1)C(c1cccc(C)c1)CCN2. The lowest BCUT2D eigenvalue weighted by Gasteiger charge is -2.26. The second-order valence-electron chi connectivity index (χ2n) is 5.71. The van der Waals surface area contributed by atoms with Crippen molar-refractivity contribution >= 4 is 5.82 Å². The van der Waals surface area contributed by atoms with E-state index in [2.05, 4.69) is 54.2 Å². The molecule has 0 amide bonds. The minimum atomic E-state index is 0.376. The van der Waals surface area contributed by atoms with Gasteiger partial charge in [-0.2, -0.15) is 5.10 Å². The number of aromatic nitrogens is 2. The number of rotatable bonds is 4. The van der Waals surface area contributed by atoms with Crippen molar-refractivity contribution in [3.8, 4) is 0 Å². The number of hydrogen-bond acceptors (Lipinski definition) is 2. The lowest BCUT2D eigenvalue weighted by molar-refractivity contribution is 0.477. The van der Waals surface area contributed by atoms with Crippen molar-refractivity contribution in [2.75, 3.05) is 11.9 Å². The van der Waals surface area contributed by atoms with E-state index >= 15 is 0 Å². The van der Waals surface area contributed by atoms with Gasteiger partial charge < -0.3 is 5.32 Å². The number of fused-ring (bicyclic) bond motifs is 1. The van der Waals surface area contributed by atoms with Crippen LogP contribution in [0.3, 0.4) is 0 Å². The zero-order valence-electron chi connectivity index (χ0n) is 12.4. The number of nitrogens with one attached hydrogen (secondary N) is 1. The Bertz CT molecular complexity index is 586. The van der Waals surface area contributed by atoms with Gasteiger partial charge in [0.25, 0.3) is 0 Å². The maximum atomic E-state index is 4.83. The topological polar surface area (TPSA) is 29.9 Å². The molecule has 0 radical (unpaired) electrons. The molecule has 0 fully saturated rings. The Morgan fingerprint density at radius 2 is 2.25 bits per heavy atom. The van der Waals surface area contributed by atoms with E-state index in [9.17, 15) is 0 Å². The fourth-order valence-corrected chi connectivity index (χ4v) is 2.94. The van der Waals surface area contributed by atoms with Crippen LogP contribution >= 0.6 is 0 Å². The molecule has 0 saturated carbocycles. The number of anilines is 1. The van der Waals surface area contributed by atoms with E-state index in [0.717, 1.165) is 19.4 Å². The van der Waals surface area contributed by atoms with E-state index in [1.165, 1.54) is 35.5 Å². The Kier molecular flexibility index (Phi) is 3.77. The maximum Gasteiger partial charge on any atom is 0.125 e. The summed E-state index contributed by atoms with van der Waals surface area (Å²) in [5.74, 6) is 1.17. The molecule has 1 aromatic heterocycles. The first-order chi connectivity index (χ1) is 9.78. The van der Waals surface area contributed by atoms with E-state index in [0.29, 0.717) is 6.04 Å². The Morgan fingerprint density at radius 1 is 1.35 bits per heavy atom. The number of unbranched alkanes of at least 4 members (excludes halogenated alkanes) is 1. The number of hydrogen-bond donors (Lipinski definition) is 1. The highest BCUT2D eigenvalue weighted by Crippen LogP contribution is 2.30. The van der Waals surface area contributed by atoms with Crippen LogP contribution in [-0.4, -0.2) is 16.3 Å². The third-order valence-electron chi connectivity index (χ3n) is 4.02. The zero-order valence-corrected chi connectivity index (χ0v) is 12.4. The summed E-state index contributed by atoms with van der Waals surface area (Å²) in [7, 11) is 0. The minimum absolute atomic E-state index is 0.376. The molecule has 3 heteroatoms. The molecule has 2 heterocycles. The van der Waals surface area contributed by atoms with Gasteiger partial charge in [0, 0.05) is 12.6 Å². The van der Waals surface area contributed by atoms with Crippen molar-refractivity contribution in [1.29, 1.82) is 0 Å². The van der Waals surface area contributed by atoms with Gasteiger partial charge in [-0.25, -0.2) is 4.68 Å². The van der Waals surface area contributed by atoms with E-state index in [-0.39, 0.29) is 0 Å². The Hall–Kier alpha value is -1.77. The number of nitrogens with zero attached hydrogens (tertiary/aromatic N) is 2. The van der Waals surface area contributed by atoms with Gasteiger partial charge in [0.05, 0.1) is 11.7 Å². The van der Waals surface area contributed by atoms with E-state index in [1.54, 1.807) is 0 Å². The Morgan fingerprint density at radius 3 is 3.05 bits per heavy atom. The van der Waals surface area contributed by atoms with Crippen LogP contribution in [0.15, 0.2) is 30.3 Å². The molecule has 1 N–H and O–H groups in total. The van der Waals surface area contributed by atoms with Crippen LogP contribution in [0.25, 0.3) is 0 Å². The van der Waals surface area contributed by atoms with Gasteiger partial charge in [0.1, 0.15) is 5.82 Å². The summed E-state index contributed by atoms with van der Waals surface area (Å²) in [5, 5.41) is 8.30. The van der Waals surface area contributed by atoms with Crippen LogP contribution in [0.2, 0.25) is 0 Å². The summed E-state index contributed by atoms with van der Waals surface area (Å²) < 4.78 is 2.18. The highest BCUT2D eigenvalue weighted by molar-refractivity contribution is 5.41. The molecule has 3 rings (SSSR count). The molecule has 1 unspecified atom stereocenters. The molecular weight excluding hydrogens is 246 g/mol. The molecule has 20 heavy (non-hydrogen) atoms. The lowest BCUT2D eigenvalue weighted by atomic mass is 10.0. The predicted molar refractivity (Wildman–Crippen MR) is 83.3 cm³/mol. The number of aryl methyl sites for hydroxylation is 2. The monoisotopic (exact) mass is 269 g/mol. The highest BCUT2D eigenvalue weighted by atomic mass is 15.4. The molecular formula is C17H23N3. The van der Waals surface area contributed by atoms with Crippen LogP contribution in [0.4, 0.5) is 5.82 Å². The molecule has 1 aliphatic heterocycles. The smallest absolute Gasteiger partial charge is 0.125 e. The molecule has 1 aliphatic rings. The standard InChI is InChI=1S/C17H23N3/c1-3-4-8-15-12-17-18-10-9-16(20(17)19-15)14-7-5-6-13(2)11-14/h5-7,11-12,16,18H,3-4,8-10H2,1-2H3. The Labute approximate surface area is 121 Å². The molecule has 0 spiro atoms. The van der Waals surface area contributed by atoms with Crippen molar-refractivity contribution in [3.05, 3.63) is 47.2 Å². The molecule has 1 atom stereocenters. The maximum absolute atomic E-state index is 4.83. The normalized spacial score (nSPS) is 17.6. The van der Waals surface area contributed by atoms with Gasteiger partial charge in [-0.3, -0.25) is 0 Å². The van der Waals surface area contributed by atoms with E-state index < -0.39 is 0 Å². The van der Waals surface area contributed by atoms with Gasteiger partial charge in [0.15, 0.2) is 0 Å². The van der Waals surface area contributed by atoms with Crippen LogP contribution < -0.4 is 5.32 Å². The van der Waals surface area contributed by atoms with Crippen LogP contribution in [-0.2, 0) is 6.42 Å². The summed E-state index contributed by atoms with van der Waals surface area (Å²) in [6.07, 6.45) is 4.62. The largest absolute Gasteiger partial charge is 0.370 e. The van der Waals surface area contributed by atoms with Crippen molar-refractivity contribution in [2.24, 2.45) is 0 Å². The van der Waals surface area contributed by atoms with Gasteiger partial charge in [-0.05, 0) is 31.7 Å². The quantitative estimate of drug-likeness (QED) is 0.911.